The topological polar surface area (TPSA) is 314 Å². The van der Waals surface area contributed by atoms with Crippen LogP contribution in [0.15, 0.2) is 268 Å². The fourth-order valence-electron chi connectivity index (χ4n) is 15.9. The van der Waals surface area contributed by atoms with Gasteiger partial charge in [0.1, 0.15) is 34.2 Å². The Morgan fingerprint density at radius 2 is 0.707 bits per heavy atom. The number of anilines is 5. The van der Waals surface area contributed by atoms with Gasteiger partial charge in [-0.05, 0) is 246 Å². The maximum absolute atomic E-state index is 10.4. The van der Waals surface area contributed by atoms with Crippen molar-refractivity contribution in [1.82, 2.24) is 94.7 Å². The normalized spacial score (nSPS) is 13.8. The second-order valence-corrected chi connectivity index (χ2v) is 30.5. The lowest BCUT2D eigenvalue weighted by molar-refractivity contribution is -0.105. The first-order valence-electron chi connectivity index (χ1n) is 41.9. The minimum atomic E-state index is 0.650. The number of morpholine rings is 1. The number of hydrogen-bond donors (Lipinski definition) is 7. The Morgan fingerprint density at radius 3 is 1.11 bits per heavy atom. The maximum atomic E-state index is 10.4. The van der Waals surface area contributed by atoms with Crippen molar-refractivity contribution in [2.45, 2.75) is 58.8 Å². The summed E-state index contributed by atoms with van der Waals surface area (Å²) in [6, 6.07) is 72.3. The van der Waals surface area contributed by atoms with Gasteiger partial charge in [0.05, 0.1) is 79.4 Å². The highest BCUT2D eigenvalue weighted by molar-refractivity contribution is 5.95. The molecule has 4 fully saturated rings. The lowest BCUT2D eigenvalue weighted by Gasteiger charge is -2.28. The van der Waals surface area contributed by atoms with Gasteiger partial charge in [-0.25, -0.2) is 29.9 Å². The van der Waals surface area contributed by atoms with Crippen LogP contribution in [0.25, 0.3) is 146 Å². The highest BCUT2D eigenvalue weighted by atomic mass is 16.5. The standard InChI is InChI=1S/C18H14N4.2C17H18N4.C16H16N4O.C16H16N4.C13H10N4O/c1-12-9-14(13-5-4-7-19-11-13)17-16(10-12)21-18(22-17)15-6-2-3-8-20-15;1-12-10-14-15(11-16(12)21-8-4-5-9-21)20-17(19-14)13-6-2-3-7-18-13;1-4-10-21(11-5-1)13-7-8-14-16(12-13)20-17(19-14)15-6-2-3-9-18-15;1-2-6-17-14(3-1)16-18-13-5-4-12(11-15(13)19-16)20-7-9-21-10-8-20;1-2-8-17-14(5-1)16-18-13-7-6-12(11-15(13)19-16)20-9-3-4-10-20;18-8-15-9-4-5-10-12(7-9)17-13(16-10)11-3-1-2-6-14-11/h2-11H,1H3,(H,21,22);2-3,6-7,10-11H,4-5,8-9H2,1H3,(H,19,20);2-3,6-9,12H,1,4-5,10-11H2,(H,19,20);1-6,11H,7-10H2,(H,18,19);1-2,5-8,11H,3-4,9-10H2,(H,18,19);1-8H,(H,15,18)(H,16,17). The third kappa shape index (κ3) is 18.8. The second-order valence-electron chi connectivity index (χ2n) is 30.5. The summed E-state index contributed by atoms with van der Waals surface area (Å²) in [5, 5.41) is 2.60. The number of rotatable bonds is 13. The van der Waals surface area contributed by atoms with Crippen molar-refractivity contribution in [3.8, 4) is 80.2 Å². The Hall–Kier alpha value is -15.2. The molecule has 123 heavy (non-hydrogen) atoms. The van der Waals surface area contributed by atoms with E-state index in [0.29, 0.717) is 12.2 Å². The van der Waals surface area contributed by atoms with E-state index in [1.165, 1.54) is 78.8 Å². The maximum Gasteiger partial charge on any atom is 0.211 e. The fraction of sp³-hybridized carbons (Fsp3) is 0.196. The summed E-state index contributed by atoms with van der Waals surface area (Å²) >= 11 is 0. The van der Waals surface area contributed by atoms with Crippen LogP contribution >= 0.6 is 0 Å². The number of aromatic nitrogens is 19. The molecule has 23 rings (SSSR count). The number of carbonyl (C=O) groups excluding carboxylic acids is 1. The number of imidazole rings is 6. The highest BCUT2D eigenvalue weighted by Gasteiger charge is 2.21. The van der Waals surface area contributed by atoms with Crippen molar-refractivity contribution in [2.75, 3.05) is 90.5 Å². The highest BCUT2D eigenvalue weighted by Crippen LogP contribution is 2.35. The molecule has 0 atom stereocenters. The zero-order valence-corrected chi connectivity index (χ0v) is 68.4. The van der Waals surface area contributed by atoms with Gasteiger partial charge in [-0.2, -0.15) is 0 Å². The molecule has 0 aliphatic carbocycles. The van der Waals surface area contributed by atoms with Gasteiger partial charge in [0.15, 0.2) is 34.9 Å². The van der Waals surface area contributed by atoms with E-state index >= 15 is 0 Å². The van der Waals surface area contributed by atoms with Gasteiger partial charge in [0.2, 0.25) is 6.41 Å². The van der Waals surface area contributed by atoms with Crippen LogP contribution in [0, 0.1) is 13.8 Å². The molecule has 1 amide bonds. The first-order chi connectivity index (χ1) is 60.7. The number of amides is 1. The molecule has 612 valence electrons. The van der Waals surface area contributed by atoms with Gasteiger partial charge >= 0.3 is 0 Å². The van der Waals surface area contributed by atoms with E-state index in [1.54, 1.807) is 49.4 Å². The van der Waals surface area contributed by atoms with Crippen molar-refractivity contribution in [3.05, 3.63) is 279 Å². The molecule has 4 aliphatic rings. The molecule has 4 aliphatic heterocycles. The number of piperidine rings is 1. The SMILES string of the molecule is Cc1cc(-c2cccnc2)c2nc(-c3ccccn3)[nH]c2c1.Cc1cc2[nH]c(-c3ccccn3)nc2cc1N1CCCC1.O=CNc1ccc2nc(-c3ccccn3)[nH]c2c1.c1ccc(-c2nc3ccc(N4CCCC4)cc3[nH]2)nc1.c1ccc(-c2nc3ccc(N4CCCCC4)cc3[nH]2)nc1.c1ccc(-c2nc3ccc(N4CCOCC4)cc3[nH]2)nc1. The Balaban J connectivity index is 0.000000101. The van der Waals surface area contributed by atoms with Crippen LogP contribution in [0.1, 0.15) is 56.1 Å². The van der Waals surface area contributed by atoms with Crippen molar-refractivity contribution < 1.29 is 9.53 Å². The zero-order valence-electron chi connectivity index (χ0n) is 68.4. The van der Waals surface area contributed by atoms with Gasteiger partial charge in [0.25, 0.3) is 0 Å². The van der Waals surface area contributed by atoms with Gasteiger partial charge in [-0.1, -0.05) is 42.5 Å². The van der Waals surface area contributed by atoms with Crippen molar-refractivity contribution in [1.29, 1.82) is 0 Å². The summed E-state index contributed by atoms with van der Waals surface area (Å²) in [6.07, 6.45) is 24.0. The van der Waals surface area contributed by atoms with Crippen LogP contribution in [-0.2, 0) is 9.53 Å². The molecule has 13 aromatic heterocycles. The number of hydrogen-bond acceptors (Lipinski definition) is 19. The molecular weight excluding hydrogens is 1530 g/mol. The molecule has 6 aromatic carbocycles. The van der Waals surface area contributed by atoms with Crippen LogP contribution in [0.5, 0.6) is 0 Å². The van der Waals surface area contributed by atoms with E-state index in [2.05, 4.69) is 208 Å². The molecule has 4 saturated heterocycles. The number of aromatic amines is 6. The molecule has 0 bridgehead atoms. The van der Waals surface area contributed by atoms with Crippen molar-refractivity contribution in [2.24, 2.45) is 0 Å². The average Bonchev–Trinajstić information content (AvgIpc) is 1.52. The van der Waals surface area contributed by atoms with Crippen LogP contribution < -0.4 is 24.9 Å². The quantitative estimate of drug-likeness (QED) is 0.0528. The Labute approximate surface area is 709 Å². The summed E-state index contributed by atoms with van der Waals surface area (Å²) in [6.45, 7) is 14.7. The average molecular weight is 1630 g/mol. The molecule has 0 saturated carbocycles. The number of nitrogens with zero attached hydrogens (tertiary/aromatic N) is 17. The molecule has 0 radical (unpaired) electrons. The van der Waals surface area contributed by atoms with Crippen LogP contribution in [-0.4, -0.2) is 167 Å². The van der Waals surface area contributed by atoms with E-state index in [-0.39, 0.29) is 0 Å². The Morgan fingerprint density at radius 1 is 0.333 bits per heavy atom. The zero-order chi connectivity index (χ0) is 83.1. The Kier molecular flexibility index (Phi) is 24.0. The smallest absolute Gasteiger partial charge is 0.211 e. The van der Waals surface area contributed by atoms with Crippen LogP contribution in [0.2, 0.25) is 0 Å². The van der Waals surface area contributed by atoms with E-state index in [4.69, 9.17) is 14.7 Å². The summed E-state index contributed by atoms with van der Waals surface area (Å²) in [5.74, 6) is 4.81. The number of H-pyrrole nitrogens is 6. The molecule has 0 spiro atoms. The lowest BCUT2D eigenvalue weighted by Crippen LogP contribution is -2.36. The first-order valence-corrected chi connectivity index (χ1v) is 41.9. The Bertz CT molecular complexity index is 6570. The van der Waals surface area contributed by atoms with Crippen LogP contribution in [0.3, 0.4) is 0 Å². The molecule has 0 unspecified atom stereocenters. The van der Waals surface area contributed by atoms with Crippen LogP contribution in [0.4, 0.5) is 28.4 Å². The fourth-order valence-corrected chi connectivity index (χ4v) is 15.9. The largest absolute Gasteiger partial charge is 0.378 e. The summed E-state index contributed by atoms with van der Waals surface area (Å²) < 4.78 is 5.40. The third-order valence-electron chi connectivity index (χ3n) is 22.1. The summed E-state index contributed by atoms with van der Waals surface area (Å²) in [7, 11) is 0. The third-order valence-corrected chi connectivity index (χ3v) is 22.1. The lowest BCUT2D eigenvalue weighted by atomic mass is 10.0. The van der Waals surface area contributed by atoms with Crippen molar-refractivity contribution in [3.63, 3.8) is 0 Å². The van der Waals surface area contributed by atoms with E-state index in [1.807, 2.05) is 134 Å². The second kappa shape index (κ2) is 37.4. The number of carbonyl (C=O) groups is 1. The number of nitrogens with one attached hydrogen (secondary N) is 7. The molecular formula is C97H92N24O2. The first kappa shape index (κ1) is 79.0. The van der Waals surface area contributed by atoms with Gasteiger partial charge in [-0.15, -0.1) is 0 Å². The van der Waals surface area contributed by atoms with E-state index in [0.717, 1.165) is 212 Å². The molecule has 19 aromatic rings. The monoisotopic (exact) mass is 1620 g/mol. The van der Waals surface area contributed by atoms with Crippen molar-refractivity contribution >= 4 is 101 Å². The van der Waals surface area contributed by atoms with Gasteiger partial charge in [0, 0.05) is 141 Å². The molecule has 7 N–H and O–H groups in total. The number of fused-ring (bicyclic) bond motifs is 6. The van der Waals surface area contributed by atoms with Gasteiger partial charge in [-0.3, -0.25) is 39.7 Å². The number of benzene rings is 6. The minimum absolute atomic E-state index is 0.650. The molecule has 26 heteroatoms. The summed E-state index contributed by atoms with van der Waals surface area (Å²) in [4.78, 5) is 98.1. The molecule has 17 heterocycles. The van der Waals surface area contributed by atoms with Gasteiger partial charge < -0.3 is 59.6 Å². The minimum Gasteiger partial charge on any atom is -0.378 e. The summed E-state index contributed by atoms with van der Waals surface area (Å²) in [5.41, 5.74) is 27.5. The predicted octanol–water partition coefficient (Wildman–Crippen LogP) is 19.0. The number of pyridine rings is 7. The molecule has 26 nitrogen and oxygen atoms in total. The predicted molar refractivity (Wildman–Crippen MR) is 490 cm³/mol. The number of aryl methyl sites for hydroxylation is 2. The van der Waals surface area contributed by atoms with E-state index < -0.39 is 0 Å². The number of ether oxygens (including phenoxy) is 1. The van der Waals surface area contributed by atoms with E-state index in [9.17, 15) is 4.79 Å².